The molecule has 1 saturated heterocycles. The summed E-state index contributed by atoms with van der Waals surface area (Å²) in [7, 11) is -6.69. The molecule has 0 radical (unpaired) electrons. The summed E-state index contributed by atoms with van der Waals surface area (Å²) in [5, 5.41) is -0.351. The maximum absolute atomic E-state index is 12.5. The molecule has 0 spiro atoms. The monoisotopic (exact) mass is 358 g/mol. The van der Waals surface area contributed by atoms with Crippen LogP contribution < -0.4 is 9.03 Å². The number of hydrogen-bond acceptors (Lipinski definition) is 4. The van der Waals surface area contributed by atoms with Crippen molar-refractivity contribution in [2.75, 3.05) is 21.3 Å². The van der Waals surface area contributed by atoms with Gasteiger partial charge in [-0.3, -0.25) is 9.03 Å². The summed E-state index contributed by atoms with van der Waals surface area (Å²) in [5.41, 5.74) is 0.946. The van der Waals surface area contributed by atoms with E-state index in [0.717, 1.165) is 19.3 Å². The normalized spacial score (nSPS) is 22.2. The zero-order chi connectivity index (χ0) is 16.5. The molecule has 2 fully saturated rings. The first-order valence-electron chi connectivity index (χ1n) is 8.01. The first-order valence-corrected chi connectivity index (χ1v) is 11.2. The van der Waals surface area contributed by atoms with Gasteiger partial charge in [0.05, 0.1) is 22.4 Å². The molecule has 1 saturated carbocycles. The predicted molar refractivity (Wildman–Crippen MR) is 91.6 cm³/mol. The maximum atomic E-state index is 12.5. The van der Waals surface area contributed by atoms with Crippen molar-refractivity contribution in [3.05, 3.63) is 24.3 Å². The van der Waals surface area contributed by atoms with E-state index in [1.807, 2.05) is 0 Å². The van der Waals surface area contributed by atoms with Crippen molar-refractivity contribution in [2.24, 2.45) is 0 Å². The van der Waals surface area contributed by atoms with Gasteiger partial charge in [0.25, 0.3) is 0 Å². The van der Waals surface area contributed by atoms with Gasteiger partial charge in [-0.2, -0.15) is 0 Å². The molecule has 1 aromatic carbocycles. The summed E-state index contributed by atoms with van der Waals surface area (Å²) in [5.74, 6) is 0.144. The summed E-state index contributed by atoms with van der Waals surface area (Å²) >= 11 is 0. The predicted octanol–water partition coefficient (Wildman–Crippen LogP) is 2.30. The van der Waals surface area contributed by atoms with Gasteiger partial charge in [0.1, 0.15) is 0 Å². The third kappa shape index (κ3) is 3.63. The van der Waals surface area contributed by atoms with E-state index in [2.05, 4.69) is 4.72 Å². The summed E-state index contributed by atoms with van der Waals surface area (Å²) in [4.78, 5) is 0. The SMILES string of the molecule is O=S(=O)(Nc1cccc(N2CCCS2(=O)=O)c1)C1CCCCC1. The number of sulfonamides is 2. The highest BCUT2D eigenvalue weighted by Gasteiger charge is 2.30. The van der Waals surface area contributed by atoms with E-state index in [-0.39, 0.29) is 11.0 Å². The van der Waals surface area contributed by atoms with Gasteiger partial charge in [0.15, 0.2) is 0 Å². The minimum atomic E-state index is -3.42. The molecule has 0 aromatic heterocycles. The number of hydrogen-bond donors (Lipinski definition) is 1. The number of nitrogens with one attached hydrogen (secondary N) is 1. The molecular weight excluding hydrogens is 336 g/mol. The van der Waals surface area contributed by atoms with Crippen molar-refractivity contribution in [1.29, 1.82) is 0 Å². The molecule has 1 N–H and O–H groups in total. The van der Waals surface area contributed by atoms with Gasteiger partial charge in [-0.1, -0.05) is 25.3 Å². The van der Waals surface area contributed by atoms with Gasteiger partial charge in [0.2, 0.25) is 20.0 Å². The van der Waals surface area contributed by atoms with E-state index < -0.39 is 20.0 Å². The molecule has 0 atom stereocenters. The molecule has 0 amide bonds. The Morgan fingerprint density at radius 2 is 1.83 bits per heavy atom. The summed E-state index contributed by atoms with van der Waals surface area (Å²) in [6.45, 7) is 0.446. The molecule has 0 unspecified atom stereocenters. The number of rotatable bonds is 4. The fourth-order valence-corrected chi connectivity index (χ4v) is 6.41. The van der Waals surface area contributed by atoms with Gasteiger partial charge in [-0.15, -0.1) is 0 Å². The Labute approximate surface area is 138 Å². The second-order valence-electron chi connectivity index (χ2n) is 6.20. The van der Waals surface area contributed by atoms with Crippen LogP contribution in [0.3, 0.4) is 0 Å². The summed E-state index contributed by atoms with van der Waals surface area (Å²) < 4.78 is 52.9. The molecule has 1 aliphatic heterocycles. The van der Waals surface area contributed by atoms with E-state index in [9.17, 15) is 16.8 Å². The fourth-order valence-electron chi connectivity index (χ4n) is 3.28. The molecule has 2 aliphatic rings. The highest BCUT2D eigenvalue weighted by Crippen LogP contribution is 2.29. The van der Waals surface area contributed by atoms with Crippen LogP contribution >= 0.6 is 0 Å². The number of benzene rings is 1. The Bertz CT molecular complexity index is 768. The molecule has 128 valence electrons. The highest BCUT2D eigenvalue weighted by molar-refractivity contribution is 7.93. The van der Waals surface area contributed by atoms with E-state index in [1.54, 1.807) is 24.3 Å². The molecule has 23 heavy (non-hydrogen) atoms. The molecule has 8 heteroatoms. The van der Waals surface area contributed by atoms with Crippen molar-refractivity contribution in [2.45, 2.75) is 43.8 Å². The van der Waals surface area contributed by atoms with E-state index >= 15 is 0 Å². The summed E-state index contributed by atoms with van der Waals surface area (Å²) in [6, 6.07) is 6.64. The number of anilines is 2. The molecule has 3 rings (SSSR count). The Hall–Kier alpha value is -1.28. The lowest BCUT2D eigenvalue weighted by Gasteiger charge is -2.23. The molecule has 1 aliphatic carbocycles. The van der Waals surface area contributed by atoms with Crippen LogP contribution in [0.4, 0.5) is 11.4 Å². The average molecular weight is 358 g/mol. The molecule has 1 heterocycles. The minimum Gasteiger partial charge on any atom is -0.283 e. The van der Waals surface area contributed by atoms with Crippen molar-refractivity contribution in [3.8, 4) is 0 Å². The third-order valence-electron chi connectivity index (χ3n) is 4.48. The lowest BCUT2D eigenvalue weighted by molar-refractivity contribution is 0.486. The van der Waals surface area contributed by atoms with Crippen LogP contribution in [0.1, 0.15) is 38.5 Å². The van der Waals surface area contributed by atoms with Gasteiger partial charge in [0, 0.05) is 6.54 Å². The second kappa shape index (κ2) is 6.32. The standard InChI is InChI=1S/C15H22N2O4S2/c18-22(19)11-5-10-17(22)14-7-4-6-13(12-14)16-23(20,21)15-8-2-1-3-9-15/h4,6-7,12,15-16H,1-3,5,8-11H2. The third-order valence-corrected chi connectivity index (χ3v) is 8.22. The highest BCUT2D eigenvalue weighted by atomic mass is 32.2. The quantitative estimate of drug-likeness (QED) is 0.895. The van der Waals surface area contributed by atoms with E-state index in [1.165, 1.54) is 4.31 Å². The zero-order valence-electron chi connectivity index (χ0n) is 12.9. The Balaban J connectivity index is 1.80. The van der Waals surface area contributed by atoms with Crippen LogP contribution in [-0.2, 0) is 20.0 Å². The topological polar surface area (TPSA) is 83.6 Å². The molecule has 0 bridgehead atoms. The van der Waals surface area contributed by atoms with Crippen molar-refractivity contribution in [1.82, 2.24) is 0 Å². The van der Waals surface area contributed by atoms with Crippen LogP contribution in [-0.4, -0.2) is 34.4 Å². The molecule has 6 nitrogen and oxygen atoms in total. The van der Waals surface area contributed by atoms with Gasteiger partial charge in [-0.05, 0) is 37.5 Å². The smallest absolute Gasteiger partial charge is 0.235 e. The average Bonchev–Trinajstić information content (AvgIpc) is 2.87. The first-order chi connectivity index (χ1) is 10.9. The zero-order valence-corrected chi connectivity index (χ0v) is 14.6. The summed E-state index contributed by atoms with van der Waals surface area (Å²) in [6.07, 6.45) is 4.95. The Morgan fingerprint density at radius 3 is 2.48 bits per heavy atom. The van der Waals surface area contributed by atoms with Crippen molar-refractivity contribution >= 4 is 31.4 Å². The van der Waals surface area contributed by atoms with Crippen LogP contribution in [0.25, 0.3) is 0 Å². The van der Waals surface area contributed by atoms with E-state index in [0.29, 0.717) is 37.2 Å². The van der Waals surface area contributed by atoms with Crippen molar-refractivity contribution < 1.29 is 16.8 Å². The van der Waals surface area contributed by atoms with Crippen LogP contribution in [0, 0.1) is 0 Å². The van der Waals surface area contributed by atoms with Crippen LogP contribution in [0.5, 0.6) is 0 Å². The molecule has 1 aromatic rings. The van der Waals surface area contributed by atoms with Gasteiger partial charge >= 0.3 is 0 Å². The first kappa shape index (κ1) is 16.6. The second-order valence-corrected chi connectivity index (χ2v) is 10.2. The maximum Gasteiger partial charge on any atom is 0.235 e. The Kier molecular flexibility index (Phi) is 4.55. The van der Waals surface area contributed by atoms with Gasteiger partial charge < -0.3 is 0 Å². The largest absolute Gasteiger partial charge is 0.283 e. The number of nitrogens with zero attached hydrogens (tertiary/aromatic N) is 1. The molecular formula is C15H22N2O4S2. The van der Waals surface area contributed by atoms with Crippen LogP contribution in [0.15, 0.2) is 24.3 Å². The lowest BCUT2D eigenvalue weighted by Crippen LogP contribution is -2.30. The fraction of sp³-hybridized carbons (Fsp3) is 0.600. The van der Waals surface area contributed by atoms with Crippen LogP contribution in [0.2, 0.25) is 0 Å². The lowest BCUT2D eigenvalue weighted by atomic mass is 10.0. The Morgan fingerprint density at radius 1 is 1.09 bits per heavy atom. The minimum absolute atomic E-state index is 0.144. The van der Waals surface area contributed by atoms with E-state index in [4.69, 9.17) is 0 Å². The van der Waals surface area contributed by atoms with Gasteiger partial charge in [-0.25, -0.2) is 16.8 Å². The van der Waals surface area contributed by atoms with Crippen molar-refractivity contribution in [3.63, 3.8) is 0 Å².